The third-order valence-electron chi connectivity index (χ3n) is 17.2. The fraction of sp³-hybridized carbons (Fsp3) is 0.729. The summed E-state index contributed by atoms with van der Waals surface area (Å²) in [6.07, 6.45) is 92.9. The van der Waals surface area contributed by atoms with Crippen molar-refractivity contribution < 1.29 is 75.8 Å². The summed E-state index contributed by atoms with van der Waals surface area (Å²) in [5.41, 5.74) is 0. The average Bonchev–Trinajstić information content (AvgIpc) is 0.911. The molecule has 0 aromatic heterocycles. The first kappa shape index (κ1) is 98.9. The molecular weight excluding hydrogens is 1340 g/mol. The zero-order valence-electron chi connectivity index (χ0n) is 65.0. The molecule has 0 fully saturated rings. The summed E-state index contributed by atoms with van der Waals surface area (Å²) in [6.45, 7) is 2.50. The molecule has 0 spiro atoms. The zero-order valence-corrected chi connectivity index (χ0v) is 66.7. The molecule has 0 aromatic carbocycles. The monoisotopic (exact) mass is 1490 g/mol. The van der Waals surface area contributed by atoms with Crippen LogP contribution >= 0.6 is 15.6 Å². The Bertz CT molecular complexity index is 2360. The summed E-state index contributed by atoms with van der Waals surface area (Å²) in [6, 6.07) is 0. The summed E-state index contributed by atoms with van der Waals surface area (Å²) in [7, 11) is -9.79. The minimum absolute atomic E-state index is 0.0955. The minimum atomic E-state index is -4.93. The molecule has 0 saturated carbocycles. The van der Waals surface area contributed by atoms with Gasteiger partial charge in [0.1, 0.15) is 25.4 Å². The second-order valence-corrected chi connectivity index (χ2v) is 30.1. The van der Waals surface area contributed by atoms with Gasteiger partial charge in [-0.15, -0.1) is 0 Å². The zero-order chi connectivity index (χ0) is 75.2. The largest absolute Gasteiger partial charge is 0.472 e. The van der Waals surface area contributed by atoms with Gasteiger partial charge in [-0.05, 0) is 116 Å². The predicted octanol–water partition coefficient (Wildman–Crippen LogP) is 24.1. The van der Waals surface area contributed by atoms with E-state index in [9.17, 15) is 43.5 Å². The number of esters is 3. The lowest BCUT2D eigenvalue weighted by molar-refractivity contribution is -0.161. The van der Waals surface area contributed by atoms with Crippen LogP contribution in [0.3, 0.4) is 0 Å². The molecule has 594 valence electrons. The van der Waals surface area contributed by atoms with Gasteiger partial charge in [0, 0.05) is 19.3 Å². The molecule has 4 N–H and O–H groups in total. The highest BCUT2D eigenvalue weighted by Crippen LogP contribution is 2.45. The van der Waals surface area contributed by atoms with Gasteiger partial charge in [-0.3, -0.25) is 32.5 Å². The molecular formula is C85H148O16P2. The number of hydrogen-bond acceptors (Lipinski definition) is 14. The summed E-state index contributed by atoms with van der Waals surface area (Å²) in [4.78, 5) is 58.5. The number of aliphatic hydroxyl groups is 2. The summed E-state index contributed by atoms with van der Waals surface area (Å²) >= 11 is 0. The molecule has 5 unspecified atom stereocenters. The van der Waals surface area contributed by atoms with E-state index in [1.54, 1.807) is 0 Å². The number of phosphoric acid groups is 2. The SMILES string of the molecule is CC/C=C\C/C=C\C/C=C\C/C=C\C/C=C\C/C=C\CCCCC(=O)OCC(COP(=O)(O)OCC(O)COP(=O)(O)OCC(O)COC(=O)CCCCCCCCCCCCCCCCCCCCC/C=C\C/C=C\C/C=C\C/C=C\CCCCC)OC(=O)CCCCCCCCCCCCC. The number of phosphoric ester groups is 2. The average molecular weight is 1490 g/mol. The molecule has 5 atom stereocenters. The molecule has 0 radical (unpaired) electrons. The molecule has 0 bridgehead atoms. The Labute approximate surface area is 627 Å². The van der Waals surface area contributed by atoms with Gasteiger partial charge in [0.25, 0.3) is 0 Å². The van der Waals surface area contributed by atoms with Gasteiger partial charge < -0.3 is 34.2 Å². The first-order valence-corrected chi connectivity index (χ1v) is 43.8. The van der Waals surface area contributed by atoms with Gasteiger partial charge in [0.05, 0.1) is 26.4 Å². The Morgan fingerprint density at radius 3 is 0.854 bits per heavy atom. The minimum Gasteiger partial charge on any atom is -0.463 e. The van der Waals surface area contributed by atoms with Crippen molar-refractivity contribution in [2.45, 2.75) is 360 Å². The normalized spacial score (nSPS) is 14.6. The smallest absolute Gasteiger partial charge is 0.463 e. The van der Waals surface area contributed by atoms with Gasteiger partial charge in [-0.2, -0.15) is 0 Å². The van der Waals surface area contributed by atoms with Crippen LogP contribution in [0.15, 0.2) is 122 Å². The van der Waals surface area contributed by atoms with E-state index < -0.39 is 91.5 Å². The fourth-order valence-electron chi connectivity index (χ4n) is 11.0. The number of rotatable bonds is 77. The van der Waals surface area contributed by atoms with Crippen molar-refractivity contribution >= 4 is 33.6 Å². The highest BCUT2D eigenvalue weighted by Gasteiger charge is 2.29. The third kappa shape index (κ3) is 78.8. The van der Waals surface area contributed by atoms with Crippen LogP contribution in [0.5, 0.6) is 0 Å². The predicted molar refractivity (Wildman–Crippen MR) is 427 cm³/mol. The lowest BCUT2D eigenvalue weighted by Crippen LogP contribution is -2.30. The number of carbonyl (C=O) groups excluding carboxylic acids is 3. The molecule has 103 heavy (non-hydrogen) atoms. The highest BCUT2D eigenvalue weighted by molar-refractivity contribution is 7.47. The maximum absolute atomic E-state index is 12.9. The third-order valence-corrected chi connectivity index (χ3v) is 19.1. The summed E-state index contributed by atoms with van der Waals surface area (Å²) in [5.74, 6) is -1.62. The van der Waals surface area contributed by atoms with Crippen molar-refractivity contribution in [3.8, 4) is 0 Å². The van der Waals surface area contributed by atoms with Crippen molar-refractivity contribution in [1.29, 1.82) is 0 Å². The van der Waals surface area contributed by atoms with Gasteiger partial charge in [-0.1, -0.05) is 328 Å². The number of allylic oxidation sites excluding steroid dienone is 20. The van der Waals surface area contributed by atoms with Crippen LogP contribution in [-0.2, 0) is 55.8 Å². The quantitative estimate of drug-likeness (QED) is 0.0146. The van der Waals surface area contributed by atoms with Gasteiger partial charge in [0.2, 0.25) is 0 Å². The van der Waals surface area contributed by atoms with Crippen LogP contribution in [0.25, 0.3) is 0 Å². The number of unbranched alkanes of at least 4 members (excludes halogenated alkanes) is 34. The topological polar surface area (TPSA) is 231 Å². The van der Waals surface area contributed by atoms with Crippen LogP contribution in [0, 0.1) is 0 Å². The Kier molecular flexibility index (Phi) is 74.5. The second kappa shape index (κ2) is 77.6. The van der Waals surface area contributed by atoms with Crippen molar-refractivity contribution in [1.82, 2.24) is 0 Å². The van der Waals surface area contributed by atoms with Crippen LogP contribution in [0.1, 0.15) is 342 Å². The lowest BCUT2D eigenvalue weighted by atomic mass is 10.0. The number of ether oxygens (including phenoxy) is 3. The van der Waals surface area contributed by atoms with Gasteiger partial charge in [0.15, 0.2) is 6.10 Å². The Balaban J connectivity index is 4.35. The molecule has 0 heterocycles. The fourth-order valence-corrected chi connectivity index (χ4v) is 12.6. The molecule has 0 saturated heterocycles. The molecule has 16 nitrogen and oxygen atoms in total. The molecule has 18 heteroatoms. The lowest BCUT2D eigenvalue weighted by Gasteiger charge is -2.21. The summed E-state index contributed by atoms with van der Waals surface area (Å²) in [5, 5.41) is 20.6. The Morgan fingerprint density at radius 1 is 0.282 bits per heavy atom. The highest BCUT2D eigenvalue weighted by atomic mass is 31.2. The van der Waals surface area contributed by atoms with E-state index in [0.29, 0.717) is 19.3 Å². The molecule has 0 aliphatic rings. The maximum Gasteiger partial charge on any atom is 0.472 e. The molecule has 0 aliphatic carbocycles. The molecule has 0 aromatic rings. The standard InChI is InChI=1S/C85H148O16P2/c1-4-7-10-13-16-19-22-24-26-28-30-32-33-34-35-36-37-38-39-40-41-42-43-44-45-47-49-50-52-54-57-59-62-65-68-71-83(88)95-74-80(86)75-97-102(91,92)98-76-81(87)77-99-103(93,94)100-79-82(101-85(90)73-70-67-64-61-56-21-18-15-12-9-6-3)78-96-84(89)72-69-66-63-60-58-55-53-51-48-46-31-29-27-25-23-20-17-14-11-8-5-2/h8,11,16-17,19-20,24-27,30-32,34-35,46,51,53,58,60,80-82,86-87H,4-7,9-10,12-15,18,21-23,28-29,33,36-45,47-50,52,54-57,59,61-79H2,1-3H3,(H,91,92)(H,93,94)/b11-8-,19-16-,20-17-,26-24-,27-25-,32-30-,35-34-,46-31-,53-51-,60-58-. The van der Waals surface area contributed by atoms with Crippen LogP contribution in [-0.4, -0.2) is 95.9 Å². The van der Waals surface area contributed by atoms with E-state index in [2.05, 4.69) is 142 Å². The molecule has 0 aliphatic heterocycles. The van der Waals surface area contributed by atoms with Crippen molar-refractivity contribution in [2.24, 2.45) is 0 Å². The number of hydrogen-bond donors (Lipinski definition) is 4. The molecule has 0 amide bonds. The first-order valence-electron chi connectivity index (χ1n) is 40.8. The van der Waals surface area contributed by atoms with E-state index in [1.165, 1.54) is 167 Å². The summed E-state index contributed by atoms with van der Waals surface area (Å²) < 4.78 is 61.0. The van der Waals surface area contributed by atoms with Crippen LogP contribution < -0.4 is 0 Å². The van der Waals surface area contributed by atoms with E-state index in [0.717, 1.165) is 116 Å². The number of carbonyl (C=O) groups is 3. The Morgan fingerprint density at radius 2 is 0.515 bits per heavy atom. The first-order chi connectivity index (χ1) is 50.2. The van der Waals surface area contributed by atoms with E-state index in [-0.39, 0.29) is 19.3 Å². The van der Waals surface area contributed by atoms with E-state index in [4.69, 9.17) is 32.3 Å². The van der Waals surface area contributed by atoms with Gasteiger partial charge >= 0.3 is 33.6 Å². The second-order valence-electron chi connectivity index (χ2n) is 27.2. The van der Waals surface area contributed by atoms with Crippen molar-refractivity contribution in [3.63, 3.8) is 0 Å². The van der Waals surface area contributed by atoms with Gasteiger partial charge in [-0.25, -0.2) is 9.13 Å². The van der Waals surface area contributed by atoms with E-state index >= 15 is 0 Å². The van der Waals surface area contributed by atoms with Crippen LogP contribution in [0.4, 0.5) is 0 Å². The maximum atomic E-state index is 12.9. The van der Waals surface area contributed by atoms with E-state index in [1.807, 2.05) is 0 Å². The van der Waals surface area contributed by atoms with Crippen molar-refractivity contribution in [3.05, 3.63) is 122 Å². The molecule has 0 rings (SSSR count). The number of aliphatic hydroxyl groups excluding tert-OH is 2. The van der Waals surface area contributed by atoms with Crippen LogP contribution in [0.2, 0.25) is 0 Å². The van der Waals surface area contributed by atoms with Crippen molar-refractivity contribution in [2.75, 3.05) is 39.6 Å². The Hall–Kier alpha value is -4.05.